The number of carbonyl (C=O) groups excluding carboxylic acids is 1. The van der Waals surface area contributed by atoms with Crippen LogP contribution < -0.4 is 4.74 Å². The molecule has 2 aliphatic heterocycles. The fraction of sp³-hybridized carbons (Fsp3) is 0.471. The van der Waals surface area contributed by atoms with Gasteiger partial charge in [-0.25, -0.2) is 0 Å². The van der Waals surface area contributed by atoms with Crippen LogP contribution in [0.25, 0.3) is 10.9 Å². The maximum absolute atomic E-state index is 12.8. The molecule has 3 heterocycles. The summed E-state index contributed by atoms with van der Waals surface area (Å²) >= 11 is 0. The first kappa shape index (κ1) is 17.2. The summed E-state index contributed by atoms with van der Waals surface area (Å²) in [6.45, 7) is 3.52. The Bertz CT molecular complexity index is 760. The molecule has 25 heavy (non-hydrogen) atoms. The molecule has 0 radical (unpaired) electrons. The molecule has 2 saturated heterocycles. The van der Waals surface area contributed by atoms with Crippen LogP contribution in [-0.4, -0.2) is 76.8 Å². The van der Waals surface area contributed by atoms with E-state index in [9.17, 15) is 4.79 Å². The molecule has 1 aromatic heterocycles. The summed E-state index contributed by atoms with van der Waals surface area (Å²) in [6.07, 6.45) is 2.44. The van der Waals surface area contributed by atoms with E-state index < -0.39 is 0 Å². The van der Waals surface area contributed by atoms with Crippen LogP contribution in [0.3, 0.4) is 0 Å². The number of benzene rings is 1. The minimum Gasteiger partial charge on any atom is -0.497 e. The van der Waals surface area contributed by atoms with Crippen LogP contribution in [0.2, 0.25) is 0 Å². The largest absolute Gasteiger partial charge is 0.497 e. The third-order valence-corrected chi connectivity index (χ3v) is 4.85. The molecular formula is C17H22N4O4. The van der Waals surface area contributed by atoms with E-state index in [-0.39, 0.29) is 12.4 Å². The van der Waals surface area contributed by atoms with Crippen LogP contribution in [0.15, 0.2) is 18.2 Å². The molecule has 0 spiro atoms. The predicted molar refractivity (Wildman–Crippen MR) is 91.8 cm³/mol. The Kier molecular flexibility index (Phi) is 5.18. The first-order valence-electron chi connectivity index (χ1n) is 8.31. The zero-order chi connectivity index (χ0) is 17.8. The Morgan fingerprint density at radius 2 is 2.20 bits per heavy atom. The number of H-pyrrole nitrogens is 1. The summed E-state index contributed by atoms with van der Waals surface area (Å²) < 4.78 is 5.21. The molecular weight excluding hydrogens is 324 g/mol. The number of hydrogen-bond acceptors (Lipinski definition) is 5. The number of nitrogens with zero attached hydrogens (tertiary/aromatic N) is 3. The van der Waals surface area contributed by atoms with Gasteiger partial charge in [-0.3, -0.25) is 19.6 Å². The van der Waals surface area contributed by atoms with Gasteiger partial charge in [-0.1, -0.05) is 0 Å². The van der Waals surface area contributed by atoms with Gasteiger partial charge in [-0.2, -0.15) is 5.10 Å². The van der Waals surface area contributed by atoms with E-state index in [1.54, 1.807) is 7.11 Å². The van der Waals surface area contributed by atoms with E-state index >= 15 is 0 Å². The quantitative estimate of drug-likeness (QED) is 0.793. The molecule has 8 nitrogen and oxygen atoms in total. The lowest BCUT2D eigenvalue weighted by atomic mass is 10.1. The molecule has 2 aromatic rings. The van der Waals surface area contributed by atoms with Crippen molar-refractivity contribution < 1.29 is 19.4 Å². The summed E-state index contributed by atoms with van der Waals surface area (Å²) in [5.74, 6) is 0.790. The second-order valence-corrected chi connectivity index (χ2v) is 6.17. The number of fused-ring (bicyclic) bond motifs is 2. The van der Waals surface area contributed by atoms with E-state index in [2.05, 4.69) is 15.1 Å². The molecule has 2 N–H and O–H groups in total. The normalized spacial score (nSPS) is 19.9. The van der Waals surface area contributed by atoms with Crippen molar-refractivity contribution in [3.63, 3.8) is 0 Å². The Balaban J connectivity index is 0.000000569. The highest BCUT2D eigenvalue weighted by molar-refractivity contribution is 6.04. The first-order chi connectivity index (χ1) is 12.2. The Labute approximate surface area is 145 Å². The standard InChI is InChI=1S/C16H20N4O2.CH2O2/c1-22-12-4-5-13-14(9-12)17-18-15(13)16(21)20-8-7-19-6-2-3-11(19)10-20;2-1-3/h4-5,9,11H,2-3,6-8,10H2,1H3,(H,17,18);1H,(H,2,3). The monoisotopic (exact) mass is 346 g/mol. The number of carboxylic acid groups (broad SMARTS) is 1. The van der Waals surface area contributed by atoms with Crippen LogP contribution in [0.4, 0.5) is 0 Å². The predicted octanol–water partition coefficient (Wildman–Crippen LogP) is 1.19. The number of methoxy groups -OCH3 is 1. The van der Waals surface area contributed by atoms with Gasteiger partial charge in [0.05, 0.1) is 12.6 Å². The van der Waals surface area contributed by atoms with Crippen molar-refractivity contribution >= 4 is 23.3 Å². The fourth-order valence-corrected chi connectivity index (χ4v) is 3.61. The van der Waals surface area contributed by atoms with Gasteiger partial charge in [0.15, 0.2) is 5.69 Å². The van der Waals surface area contributed by atoms with Gasteiger partial charge in [-0.15, -0.1) is 0 Å². The average Bonchev–Trinajstić information content (AvgIpc) is 3.27. The second-order valence-electron chi connectivity index (χ2n) is 6.17. The molecule has 1 amide bonds. The van der Waals surface area contributed by atoms with Crippen LogP contribution in [-0.2, 0) is 4.79 Å². The smallest absolute Gasteiger partial charge is 0.290 e. The number of hydrogen-bond donors (Lipinski definition) is 2. The minimum absolute atomic E-state index is 0.0305. The van der Waals surface area contributed by atoms with Gasteiger partial charge >= 0.3 is 0 Å². The number of aromatic nitrogens is 2. The van der Waals surface area contributed by atoms with Gasteiger partial charge in [0.2, 0.25) is 0 Å². The average molecular weight is 346 g/mol. The number of carbonyl (C=O) groups is 2. The third-order valence-electron chi connectivity index (χ3n) is 4.85. The van der Waals surface area contributed by atoms with Crippen LogP contribution in [0.1, 0.15) is 23.3 Å². The molecule has 4 rings (SSSR count). The van der Waals surface area contributed by atoms with Gasteiger partial charge < -0.3 is 14.7 Å². The van der Waals surface area contributed by atoms with E-state index in [1.165, 1.54) is 19.4 Å². The molecule has 1 unspecified atom stereocenters. The van der Waals surface area contributed by atoms with Gasteiger partial charge in [0.25, 0.3) is 12.4 Å². The third kappa shape index (κ3) is 3.43. The lowest BCUT2D eigenvalue weighted by Crippen LogP contribution is -2.52. The van der Waals surface area contributed by atoms with E-state index in [1.807, 2.05) is 23.1 Å². The van der Waals surface area contributed by atoms with E-state index in [0.717, 1.165) is 36.3 Å². The highest BCUT2D eigenvalue weighted by Crippen LogP contribution is 2.25. The van der Waals surface area contributed by atoms with E-state index in [4.69, 9.17) is 14.6 Å². The van der Waals surface area contributed by atoms with Crippen molar-refractivity contribution in [2.45, 2.75) is 18.9 Å². The number of aromatic amines is 1. The van der Waals surface area contributed by atoms with Crippen LogP contribution in [0, 0.1) is 0 Å². The zero-order valence-electron chi connectivity index (χ0n) is 14.1. The summed E-state index contributed by atoms with van der Waals surface area (Å²) in [4.78, 5) is 25.6. The lowest BCUT2D eigenvalue weighted by Gasteiger charge is -2.37. The number of piperazine rings is 1. The molecule has 1 aromatic carbocycles. The SMILES string of the molecule is COc1ccc2c(C(=O)N3CCN4CCCC4C3)n[nH]c2c1.O=CO. The Morgan fingerprint density at radius 1 is 1.40 bits per heavy atom. The van der Waals surface area contributed by atoms with Crippen LogP contribution >= 0.6 is 0 Å². The topological polar surface area (TPSA) is 98.8 Å². The van der Waals surface area contributed by atoms with Crippen LogP contribution in [0.5, 0.6) is 5.75 Å². The molecule has 0 aliphatic carbocycles. The number of rotatable bonds is 2. The van der Waals surface area contributed by atoms with Crippen molar-refractivity contribution in [3.05, 3.63) is 23.9 Å². The molecule has 2 fully saturated rings. The van der Waals surface area contributed by atoms with Gasteiger partial charge in [-0.05, 0) is 31.5 Å². The molecule has 2 aliphatic rings. The minimum atomic E-state index is -0.250. The highest BCUT2D eigenvalue weighted by Gasteiger charge is 2.33. The van der Waals surface area contributed by atoms with Crippen molar-refractivity contribution in [1.82, 2.24) is 20.0 Å². The van der Waals surface area contributed by atoms with Crippen molar-refractivity contribution in [2.75, 3.05) is 33.3 Å². The van der Waals surface area contributed by atoms with Gasteiger partial charge in [0.1, 0.15) is 5.75 Å². The molecule has 0 saturated carbocycles. The van der Waals surface area contributed by atoms with Crippen molar-refractivity contribution in [2.24, 2.45) is 0 Å². The second kappa shape index (κ2) is 7.52. The number of ether oxygens (including phenoxy) is 1. The Hall–Kier alpha value is -2.61. The zero-order valence-corrected chi connectivity index (χ0v) is 14.1. The first-order valence-corrected chi connectivity index (χ1v) is 8.31. The summed E-state index contributed by atoms with van der Waals surface area (Å²) in [7, 11) is 1.63. The maximum atomic E-state index is 12.8. The summed E-state index contributed by atoms with van der Waals surface area (Å²) in [5, 5.41) is 14.9. The summed E-state index contributed by atoms with van der Waals surface area (Å²) in [5.41, 5.74) is 1.35. The number of amides is 1. The lowest BCUT2D eigenvalue weighted by molar-refractivity contribution is -0.122. The highest BCUT2D eigenvalue weighted by atomic mass is 16.5. The van der Waals surface area contributed by atoms with Crippen molar-refractivity contribution in [1.29, 1.82) is 0 Å². The molecule has 0 bridgehead atoms. The van der Waals surface area contributed by atoms with E-state index in [0.29, 0.717) is 11.7 Å². The Morgan fingerprint density at radius 3 is 2.96 bits per heavy atom. The van der Waals surface area contributed by atoms with Crippen molar-refractivity contribution in [3.8, 4) is 5.75 Å². The van der Waals surface area contributed by atoms with Gasteiger partial charge in [0, 0.05) is 37.1 Å². The molecule has 8 heteroatoms. The molecule has 1 atom stereocenters. The number of nitrogens with one attached hydrogen (secondary N) is 1. The fourth-order valence-electron chi connectivity index (χ4n) is 3.61. The maximum Gasteiger partial charge on any atom is 0.290 e. The molecule has 134 valence electrons. The summed E-state index contributed by atoms with van der Waals surface area (Å²) in [6, 6.07) is 6.16.